The summed E-state index contributed by atoms with van der Waals surface area (Å²) in [6, 6.07) is 0. The summed E-state index contributed by atoms with van der Waals surface area (Å²) < 4.78 is 35.4. The lowest BCUT2D eigenvalue weighted by Crippen LogP contribution is -2.10. The molecule has 0 nitrogen and oxygen atoms in total. The summed E-state index contributed by atoms with van der Waals surface area (Å²) in [6.07, 6.45) is -4.52. The van der Waals surface area contributed by atoms with Gasteiger partial charge in [-0.05, 0) is 5.92 Å². The van der Waals surface area contributed by atoms with E-state index in [4.69, 9.17) is 23.2 Å². The van der Waals surface area contributed by atoms with Crippen molar-refractivity contribution in [1.29, 1.82) is 0 Å². The first-order valence-electron chi connectivity index (χ1n) is 2.89. The molecule has 0 heterocycles. The van der Waals surface area contributed by atoms with Crippen LogP contribution >= 0.6 is 23.2 Å². The van der Waals surface area contributed by atoms with Gasteiger partial charge in [0.25, 0.3) is 0 Å². The second kappa shape index (κ2) is 3.68. The highest BCUT2D eigenvalue weighted by molar-refractivity contribution is 6.39. The fraction of sp³-hybridized carbons (Fsp3) is 0.667. The summed E-state index contributed by atoms with van der Waals surface area (Å²) in [7, 11) is 0. The van der Waals surface area contributed by atoms with Crippen molar-refractivity contribution in [2.75, 3.05) is 0 Å². The van der Waals surface area contributed by atoms with Crippen LogP contribution in [0, 0.1) is 5.92 Å². The first-order valence-corrected chi connectivity index (χ1v) is 3.64. The van der Waals surface area contributed by atoms with Crippen LogP contribution in [0.4, 0.5) is 13.2 Å². The maximum absolute atomic E-state index is 11.8. The molecule has 0 atom stereocenters. The van der Waals surface area contributed by atoms with E-state index in [1.54, 1.807) is 0 Å². The molecule has 0 saturated heterocycles. The van der Waals surface area contributed by atoms with Gasteiger partial charge in [-0.25, -0.2) is 0 Å². The fourth-order valence-corrected chi connectivity index (χ4v) is 0.714. The molecule has 11 heavy (non-hydrogen) atoms. The van der Waals surface area contributed by atoms with Crippen molar-refractivity contribution in [2.45, 2.75) is 20.0 Å². The Kier molecular flexibility index (Phi) is 3.71. The van der Waals surface area contributed by atoms with E-state index in [0.29, 0.717) is 0 Å². The summed E-state index contributed by atoms with van der Waals surface area (Å²) in [5.41, 5.74) is 0. The highest BCUT2D eigenvalue weighted by atomic mass is 35.5. The lowest BCUT2D eigenvalue weighted by molar-refractivity contribution is -0.0851. The van der Waals surface area contributed by atoms with E-state index in [1.807, 2.05) is 0 Å². The van der Waals surface area contributed by atoms with Gasteiger partial charge < -0.3 is 0 Å². The van der Waals surface area contributed by atoms with E-state index in [1.165, 1.54) is 13.8 Å². The number of rotatable bonds is 1. The normalized spacial score (nSPS) is 15.3. The van der Waals surface area contributed by atoms with E-state index >= 15 is 0 Å². The molecular formula is C6H7Cl2F3. The van der Waals surface area contributed by atoms with Gasteiger partial charge in [0.1, 0.15) is 5.03 Å². The van der Waals surface area contributed by atoms with Crippen LogP contribution in [0.15, 0.2) is 10.1 Å². The van der Waals surface area contributed by atoms with Crippen LogP contribution in [0.1, 0.15) is 13.8 Å². The van der Waals surface area contributed by atoms with E-state index in [2.05, 4.69) is 0 Å². The lowest BCUT2D eigenvalue weighted by atomic mass is 10.2. The van der Waals surface area contributed by atoms with Crippen molar-refractivity contribution in [3.63, 3.8) is 0 Å². The molecule has 5 heteroatoms. The molecule has 0 aromatic heterocycles. The van der Waals surface area contributed by atoms with Crippen LogP contribution < -0.4 is 0 Å². The first-order chi connectivity index (χ1) is 4.76. The molecule has 66 valence electrons. The molecule has 0 fully saturated rings. The Morgan fingerprint density at radius 3 is 1.64 bits per heavy atom. The van der Waals surface area contributed by atoms with Gasteiger partial charge in [0.15, 0.2) is 0 Å². The molecule has 0 unspecified atom stereocenters. The highest BCUT2D eigenvalue weighted by Crippen LogP contribution is 2.35. The van der Waals surface area contributed by atoms with Gasteiger partial charge in [-0.3, -0.25) is 0 Å². The zero-order valence-corrected chi connectivity index (χ0v) is 7.48. The van der Waals surface area contributed by atoms with Gasteiger partial charge in [0, 0.05) is 5.03 Å². The maximum Gasteiger partial charge on any atom is 0.428 e. The van der Waals surface area contributed by atoms with E-state index in [-0.39, 0.29) is 5.03 Å². The Labute approximate surface area is 73.0 Å². The molecule has 0 aliphatic rings. The quantitative estimate of drug-likeness (QED) is 0.611. The minimum absolute atomic E-state index is 0.348. The Hall–Kier alpha value is 0.110. The lowest BCUT2D eigenvalue weighted by Gasteiger charge is -2.09. The zero-order valence-electron chi connectivity index (χ0n) is 5.97. The van der Waals surface area contributed by atoms with Gasteiger partial charge in [-0.1, -0.05) is 37.0 Å². The second-order valence-corrected chi connectivity index (χ2v) is 3.10. The molecule has 0 N–H and O–H groups in total. The predicted octanol–water partition coefficient (Wildman–Crippen LogP) is 3.89. The molecule has 0 aromatic carbocycles. The summed E-state index contributed by atoms with van der Waals surface area (Å²) in [6.45, 7) is 3.08. The van der Waals surface area contributed by atoms with Crippen molar-refractivity contribution in [3.05, 3.63) is 10.1 Å². The highest BCUT2D eigenvalue weighted by Gasteiger charge is 2.35. The number of alkyl halides is 3. The predicted molar refractivity (Wildman–Crippen MR) is 39.6 cm³/mol. The molecule has 0 bridgehead atoms. The Balaban J connectivity index is 4.67. The third-order valence-corrected chi connectivity index (χ3v) is 2.11. The molecule has 0 saturated carbocycles. The summed E-state index contributed by atoms with van der Waals surface area (Å²) >= 11 is 10.2. The summed E-state index contributed by atoms with van der Waals surface area (Å²) in [5, 5.41) is -1.58. The number of hydrogen-bond acceptors (Lipinski definition) is 0. The van der Waals surface area contributed by atoms with E-state index in [9.17, 15) is 13.2 Å². The van der Waals surface area contributed by atoms with Crippen molar-refractivity contribution < 1.29 is 13.2 Å². The van der Waals surface area contributed by atoms with Crippen LogP contribution in [-0.4, -0.2) is 6.18 Å². The Bertz CT molecular complexity index is 169. The smallest absolute Gasteiger partial charge is 0.165 e. The Morgan fingerprint density at radius 2 is 1.55 bits per heavy atom. The standard InChI is InChI=1S/C6H7Cl2F3/c1-3(2)4(7)5(8)6(9,10)11/h3H,1-2H3/b5-4+. The van der Waals surface area contributed by atoms with Crippen molar-refractivity contribution >= 4 is 23.2 Å². The topological polar surface area (TPSA) is 0 Å². The van der Waals surface area contributed by atoms with Gasteiger partial charge >= 0.3 is 6.18 Å². The Morgan fingerprint density at radius 1 is 1.18 bits per heavy atom. The molecule has 0 amide bonds. The number of allylic oxidation sites excluding steroid dienone is 2. The van der Waals surface area contributed by atoms with E-state index in [0.717, 1.165) is 0 Å². The van der Waals surface area contributed by atoms with Gasteiger partial charge in [0.05, 0.1) is 0 Å². The summed E-state index contributed by atoms with van der Waals surface area (Å²) in [5.74, 6) is -0.397. The molecule has 0 aliphatic carbocycles. The van der Waals surface area contributed by atoms with Crippen molar-refractivity contribution in [1.82, 2.24) is 0 Å². The number of halogens is 5. The molecule has 0 spiro atoms. The van der Waals surface area contributed by atoms with Crippen molar-refractivity contribution in [2.24, 2.45) is 5.92 Å². The first kappa shape index (κ1) is 11.1. The number of hydrogen-bond donors (Lipinski definition) is 0. The zero-order chi connectivity index (χ0) is 9.23. The fourth-order valence-electron chi connectivity index (χ4n) is 0.389. The van der Waals surface area contributed by atoms with Crippen LogP contribution in [0.5, 0.6) is 0 Å². The van der Waals surface area contributed by atoms with Crippen LogP contribution in [0.2, 0.25) is 0 Å². The molecular weight excluding hydrogens is 200 g/mol. The third kappa shape index (κ3) is 3.34. The van der Waals surface area contributed by atoms with Crippen LogP contribution in [0.3, 0.4) is 0 Å². The largest absolute Gasteiger partial charge is 0.428 e. The van der Waals surface area contributed by atoms with Crippen LogP contribution in [-0.2, 0) is 0 Å². The average Bonchev–Trinajstić information content (AvgIpc) is 1.82. The molecule has 0 aliphatic heterocycles. The average molecular weight is 207 g/mol. The molecule has 0 rings (SSSR count). The SMILES string of the molecule is CC(C)/C(Cl)=C(\Cl)C(F)(F)F. The van der Waals surface area contributed by atoms with Gasteiger partial charge in [-0.15, -0.1) is 0 Å². The second-order valence-electron chi connectivity index (χ2n) is 2.31. The molecule has 0 aromatic rings. The summed E-state index contributed by atoms with van der Waals surface area (Å²) in [4.78, 5) is 0. The van der Waals surface area contributed by atoms with Crippen molar-refractivity contribution in [3.8, 4) is 0 Å². The minimum Gasteiger partial charge on any atom is -0.165 e. The van der Waals surface area contributed by atoms with Crippen LogP contribution in [0.25, 0.3) is 0 Å². The molecule has 0 radical (unpaired) electrons. The third-order valence-electron chi connectivity index (χ3n) is 0.965. The minimum atomic E-state index is -4.52. The maximum atomic E-state index is 11.8. The van der Waals surface area contributed by atoms with E-state index < -0.39 is 17.1 Å². The monoisotopic (exact) mass is 206 g/mol. The van der Waals surface area contributed by atoms with Gasteiger partial charge in [-0.2, -0.15) is 13.2 Å². The van der Waals surface area contributed by atoms with Gasteiger partial charge in [0.2, 0.25) is 0 Å².